The van der Waals surface area contributed by atoms with E-state index in [1.165, 1.54) is 10.9 Å². The predicted molar refractivity (Wildman–Crippen MR) is 156 cm³/mol. The van der Waals surface area contributed by atoms with E-state index in [9.17, 15) is 4.79 Å². The third-order valence-corrected chi connectivity index (χ3v) is 8.18. The van der Waals surface area contributed by atoms with Crippen LogP contribution in [0.25, 0.3) is 43.0 Å². The minimum Gasteiger partial charge on any atom is -0.348 e. The molecule has 0 bridgehead atoms. The van der Waals surface area contributed by atoms with Gasteiger partial charge in [0.1, 0.15) is 5.01 Å². The Morgan fingerprint density at radius 1 is 0.811 bits per heavy atom. The van der Waals surface area contributed by atoms with Crippen LogP contribution in [0.3, 0.4) is 0 Å². The molecule has 6 aromatic rings. The molecule has 0 fully saturated rings. The molecule has 1 N–H and O–H groups in total. The van der Waals surface area contributed by atoms with E-state index in [1.807, 2.05) is 30.3 Å². The van der Waals surface area contributed by atoms with E-state index in [4.69, 9.17) is 4.98 Å². The molecule has 0 atom stereocenters. The van der Waals surface area contributed by atoms with E-state index in [2.05, 4.69) is 89.7 Å². The van der Waals surface area contributed by atoms with Crippen molar-refractivity contribution in [2.24, 2.45) is 0 Å². The normalized spacial score (nSPS) is 11.1. The average molecular weight is 517 g/mol. The first-order chi connectivity index (χ1) is 18.1. The molecule has 2 heterocycles. The smallest absolute Gasteiger partial charge is 0.251 e. The minimum atomic E-state index is -0.0693. The first-order valence-corrected chi connectivity index (χ1v) is 13.9. The van der Waals surface area contributed by atoms with Crippen LogP contribution in [-0.2, 0) is 6.54 Å². The van der Waals surface area contributed by atoms with Crippen LogP contribution in [0, 0.1) is 6.92 Å². The molecule has 0 saturated carbocycles. The van der Waals surface area contributed by atoms with E-state index < -0.39 is 0 Å². The molecule has 37 heavy (non-hydrogen) atoms. The first-order valence-electron chi connectivity index (χ1n) is 12.1. The summed E-state index contributed by atoms with van der Waals surface area (Å²) in [5.41, 5.74) is 8.35. The van der Waals surface area contributed by atoms with E-state index in [1.54, 1.807) is 22.7 Å². The van der Waals surface area contributed by atoms with Gasteiger partial charge in [-0.25, -0.2) is 4.98 Å². The van der Waals surface area contributed by atoms with Crippen molar-refractivity contribution < 1.29 is 4.79 Å². The summed E-state index contributed by atoms with van der Waals surface area (Å²) < 4.78 is 1.12. The van der Waals surface area contributed by atoms with Gasteiger partial charge in [-0.15, -0.1) is 22.7 Å². The zero-order valence-corrected chi connectivity index (χ0v) is 21.9. The molecule has 3 nitrogen and oxygen atoms in total. The van der Waals surface area contributed by atoms with Crippen LogP contribution in [0.15, 0.2) is 108 Å². The van der Waals surface area contributed by atoms with Crippen LogP contribution in [0.4, 0.5) is 0 Å². The van der Waals surface area contributed by atoms with Crippen LogP contribution < -0.4 is 5.32 Å². The summed E-state index contributed by atoms with van der Waals surface area (Å²) in [5.74, 6) is -0.0693. The predicted octanol–water partition coefficient (Wildman–Crippen LogP) is 8.60. The Bertz CT molecular complexity index is 1680. The summed E-state index contributed by atoms with van der Waals surface area (Å²) in [7, 11) is 0. The number of thiazole rings is 1. The number of carbonyl (C=O) groups is 1. The number of nitrogens with one attached hydrogen (secondary N) is 1. The molecule has 0 aliphatic rings. The summed E-state index contributed by atoms with van der Waals surface area (Å²) in [6.07, 6.45) is 0. The largest absolute Gasteiger partial charge is 0.348 e. The average Bonchev–Trinajstić information content (AvgIpc) is 3.63. The number of thiophene rings is 1. The highest BCUT2D eigenvalue weighted by molar-refractivity contribution is 7.17. The molecule has 5 heteroatoms. The van der Waals surface area contributed by atoms with Crippen molar-refractivity contribution in [2.45, 2.75) is 13.5 Å². The Morgan fingerprint density at radius 2 is 1.57 bits per heavy atom. The summed E-state index contributed by atoms with van der Waals surface area (Å²) >= 11 is 3.30. The lowest BCUT2D eigenvalue weighted by Gasteiger charge is -2.10. The van der Waals surface area contributed by atoms with E-state index in [0.29, 0.717) is 12.1 Å². The molecule has 0 saturated heterocycles. The molecule has 180 valence electrons. The summed E-state index contributed by atoms with van der Waals surface area (Å²) in [4.78, 5) is 17.9. The Morgan fingerprint density at radius 3 is 2.35 bits per heavy atom. The van der Waals surface area contributed by atoms with Crippen LogP contribution in [0.1, 0.15) is 21.5 Å². The van der Waals surface area contributed by atoms with Gasteiger partial charge in [0.2, 0.25) is 0 Å². The van der Waals surface area contributed by atoms with Gasteiger partial charge in [-0.1, -0.05) is 84.4 Å². The van der Waals surface area contributed by atoms with Crippen molar-refractivity contribution in [1.29, 1.82) is 0 Å². The lowest BCUT2D eigenvalue weighted by molar-refractivity contribution is 0.0951. The fourth-order valence-electron chi connectivity index (χ4n) is 4.37. The van der Waals surface area contributed by atoms with Gasteiger partial charge in [0.15, 0.2) is 0 Å². The van der Waals surface area contributed by atoms with Gasteiger partial charge in [0.05, 0.1) is 5.69 Å². The zero-order chi connectivity index (χ0) is 25.2. The van der Waals surface area contributed by atoms with Gasteiger partial charge in [0, 0.05) is 38.7 Å². The topological polar surface area (TPSA) is 42.0 Å². The van der Waals surface area contributed by atoms with Crippen molar-refractivity contribution >= 4 is 38.7 Å². The molecular formula is C32H24N2OS2. The summed E-state index contributed by atoms with van der Waals surface area (Å²) in [5, 5.41) is 9.44. The highest BCUT2D eigenvalue weighted by Crippen LogP contribution is 2.34. The van der Waals surface area contributed by atoms with Crippen molar-refractivity contribution in [3.05, 3.63) is 125 Å². The molecule has 2 aromatic heterocycles. The Hall–Kier alpha value is -4.06. The fraction of sp³-hybridized carbons (Fsp3) is 0.0625. The van der Waals surface area contributed by atoms with E-state index in [0.717, 1.165) is 43.2 Å². The summed E-state index contributed by atoms with van der Waals surface area (Å²) in [6.45, 7) is 2.55. The maximum atomic E-state index is 13.1. The quantitative estimate of drug-likeness (QED) is 0.241. The molecule has 4 aromatic carbocycles. The molecule has 1 amide bonds. The number of rotatable bonds is 6. The van der Waals surface area contributed by atoms with Crippen LogP contribution >= 0.6 is 22.7 Å². The molecule has 6 rings (SSSR count). The molecular weight excluding hydrogens is 492 g/mol. The van der Waals surface area contributed by atoms with Gasteiger partial charge >= 0.3 is 0 Å². The molecule has 0 aliphatic heterocycles. The number of fused-ring (bicyclic) bond motifs is 1. The van der Waals surface area contributed by atoms with Gasteiger partial charge in [-0.05, 0) is 47.2 Å². The number of aryl methyl sites for hydroxylation is 1. The third kappa shape index (κ3) is 4.96. The van der Waals surface area contributed by atoms with Gasteiger partial charge < -0.3 is 5.32 Å². The van der Waals surface area contributed by atoms with Crippen LogP contribution in [0.5, 0.6) is 0 Å². The Balaban J connectivity index is 1.17. The zero-order valence-electron chi connectivity index (χ0n) is 20.3. The number of hydrogen-bond acceptors (Lipinski definition) is 4. The third-order valence-electron chi connectivity index (χ3n) is 6.42. The van der Waals surface area contributed by atoms with Gasteiger partial charge in [-0.2, -0.15) is 0 Å². The number of aromatic nitrogens is 1. The number of carbonyl (C=O) groups excluding carboxylic acids is 1. The lowest BCUT2D eigenvalue weighted by atomic mass is 9.98. The maximum Gasteiger partial charge on any atom is 0.251 e. The number of benzene rings is 4. The number of nitrogens with zero attached hydrogens (tertiary/aromatic N) is 1. The van der Waals surface area contributed by atoms with Crippen molar-refractivity contribution in [2.75, 3.05) is 0 Å². The Labute approximate surface area is 224 Å². The van der Waals surface area contributed by atoms with Gasteiger partial charge in [0.25, 0.3) is 5.91 Å². The number of hydrogen-bond donors (Lipinski definition) is 1. The second-order valence-corrected chi connectivity index (χ2v) is 10.8. The lowest BCUT2D eigenvalue weighted by Crippen LogP contribution is -2.22. The SMILES string of the molecule is Cc1ccc(-c2cc(C(=O)NCc3ccc(-c4nc(-c5ccccc5)cs4)cc3)cc3sccc23)cc1. The van der Waals surface area contributed by atoms with Crippen LogP contribution in [0.2, 0.25) is 0 Å². The molecule has 0 radical (unpaired) electrons. The van der Waals surface area contributed by atoms with Crippen molar-refractivity contribution in [3.63, 3.8) is 0 Å². The standard InChI is InChI=1S/C32H24N2OS2/c1-21-7-11-23(12-8-21)28-17-26(18-30-27(28)15-16-36-30)31(35)33-19-22-9-13-25(14-10-22)32-34-29(20-37-32)24-5-3-2-4-6-24/h2-18,20H,19H2,1H3,(H,33,35). The molecule has 0 unspecified atom stereocenters. The maximum absolute atomic E-state index is 13.1. The minimum absolute atomic E-state index is 0.0693. The van der Waals surface area contributed by atoms with E-state index in [-0.39, 0.29) is 5.91 Å². The highest BCUT2D eigenvalue weighted by Gasteiger charge is 2.13. The van der Waals surface area contributed by atoms with Crippen molar-refractivity contribution in [3.8, 4) is 33.0 Å². The fourth-order valence-corrected chi connectivity index (χ4v) is 6.06. The summed E-state index contributed by atoms with van der Waals surface area (Å²) in [6, 6.07) is 33.1. The van der Waals surface area contributed by atoms with Crippen LogP contribution in [-0.4, -0.2) is 10.9 Å². The van der Waals surface area contributed by atoms with Gasteiger partial charge in [-0.3, -0.25) is 4.79 Å². The molecule has 0 spiro atoms. The first kappa shape index (κ1) is 23.3. The highest BCUT2D eigenvalue weighted by atomic mass is 32.1. The second kappa shape index (κ2) is 10.1. The van der Waals surface area contributed by atoms with E-state index >= 15 is 0 Å². The second-order valence-electron chi connectivity index (χ2n) is 9.01. The molecule has 0 aliphatic carbocycles. The number of amides is 1. The monoisotopic (exact) mass is 516 g/mol. The Kier molecular flexibility index (Phi) is 6.39. The van der Waals surface area contributed by atoms with Crippen molar-refractivity contribution in [1.82, 2.24) is 10.3 Å².